The lowest BCUT2D eigenvalue weighted by Crippen LogP contribution is -2.40. The molecule has 0 heterocycles. The van der Waals surface area contributed by atoms with Crippen LogP contribution in [0, 0.1) is 0 Å². The Balaban J connectivity index is 2.19. The molecule has 0 amide bonds. The summed E-state index contributed by atoms with van der Waals surface area (Å²) in [6.45, 7) is 4.04. The van der Waals surface area contributed by atoms with Gasteiger partial charge < -0.3 is 0 Å². The highest BCUT2D eigenvalue weighted by atomic mass is 35.5. The second-order valence-electron chi connectivity index (χ2n) is 4.75. The number of nitrogens with one attached hydrogen (secondary N) is 2. The molecule has 0 aromatic heterocycles. The van der Waals surface area contributed by atoms with Crippen LogP contribution >= 0.6 is 11.6 Å². The fourth-order valence-electron chi connectivity index (χ4n) is 1.66. The van der Waals surface area contributed by atoms with E-state index in [2.05, 4.69) is 9.44 Å². The Hall–Kier alpha value is -0.620. The van der Waals surface area contributed by atoms with Crippen LogP contribution in [-0.2, 0) is 16.6 Å². The van der Waals surface area contributed by atoms with Gasteiger partial charge in [-0.3, -0.25) is 0 Å². The van der Waals surface area contributed by atoms with Crippen LogP contribution in [0.15, 0.2) is 24.3 Å². The van der Waals surface area contributed by atoms with E-state index in [4.69, 9.17) is 11.6 Å². The molecule has 108 valence electrons. The normalized spacial score (nSPS) is 12.0. The van der Waals surface area contributed by atoms with Crippen LogP contribution in [0.5, 0.6) is 0 Å². The van der Waals surface area contributed by atoms with Crippen LogP contribution in [-0.4, -0.2) is 21.0 Å². The molecule has 0 aliphatic rings. The van der Waals surface area contributed by atoms with Gasteiger partial charge in [-0.15, -0.1) is 0 Å². The number of halogens is 1. The van der Waals surface area contributed by atoms with E-state index in [-0.39, 0.29) is 6.04 Å². The highest BCUT2D eigenvalue weighted by molar-refractivity contribution is 7.87. The first kappa shape index (κ1) is 16.4. The lowest BCUT2D eigenvalue weighted by molar-refractivity contribution is 0.551. The number of hydrogen-bond acceptors (Lipinski definition) is 2. The molecule has 0 unspecified atom stereocenters. The summed E-state index contributed by atoms with van der Waals surface area (Å²) in [5.74, 6) is 0. The van der Waals surface area contributed by atoms with Gasteiger partial charge in [0, 0.05) is 17.6 Å². The minimum atomic E-state index is -3.35. The van der Waals surface area contributed by atoms with Crippen molar-refractivity contribution in [2.24, 2.45) is 0 Å². The Morgan fingerprint density at radius 1 is 1.16 bits per heavy atom. The largest absolute Gasteiger partial charge is 0.277 e. The van der Waals surface area contributed by atoms with Gasteiger partial charge in [0.05, 0.1) is 0 Å². The first-order valence-electron chi connectivity index (χ1n) is 6.40. The number of aryl methyl sites for hydroxylation is 1. The van der Waals surface area contributed by atoms with E-state index < -0.39 is 10.2 Å². The van der Waals surface area contributed by atoms with Gasteiger partial charge in [0.15, 0.2) is 0 Å². The molecule has 0 atom stereocenters. The van der Waals surface area contributed by atoms with Crippen molar-refractivity contribution in [3.8, 4) is 0 Å². The van der Waals surface area contributed by atoms with Crippen LogP contribution in [0.1, 0.15) is 32.3 Å². The summed E-state index contributed by atoms with van der Waals surface area (Å²) in [7, 11) is -3.35. The highest BCUT2D eigenvalue weighted by Crippen LogP contribution is 2.11. The molecule has 0 fully saturated rings. The maximum atomic E-state index is 11.5. The Kier molecular flexibility index (Phi) is 6.79. The summed E-state index contributed by atoms with van der Waals surface area (Å²) >= 11 is 5.80. The molecular formula is C13H21ClN2O2S. The lowest BCUT2D eigenvalue weighted by atomic mass is 10.1. The van der Waals surface area contributed by atoms with Crippen molar-refractivity contribution in [2.75, 3.05) is 6.54 Å². The number of unbranched alkanes of at least 4 members (excludes halogenated alkanes) is 1. The standard InChI is InChI=1S/C13H21ClN2O2S/c1-11(2)16-19(17,18)15-10-4-3-5-12-6-8-13(14)9-7-12/h6-9,11,15-16H,3-5,10H2,1-2H3. The number of rotatable bonds is 8. The zero-order valence-electron chi connectivity index (χ0n) is 11.3. The fourth-order valence-corrected chi connectivity index (χ4v) is 2.91. The third-order valence-electron chi connectivity index (χ3n) is 2.49. The van der Waals surface area contributed by atoms with E-state index in [1.807, 2.05) is 24.3 Å². The van der Waals surface area contributed by atoms with Crippen molar-refractivity contribution in [2.45, 2.75) is 39.2 Å². The molecule has 6 heteroatoms. The predicted molar refractivity (Wildman–Crippen MR) is 79.6 cm³/mol. The molecule has 0 saturated heterocycles. The van der Waals surface area contributed by atoms with E-state index >= 15 is 0 Å². The third-order valence-corrected chi connectivity index (χ3v) is 4.11. The predicted octanol–water partition coefficient (Wildman–Crippen LogP) is 2.50. The zero-order chi connectivity index (χ0) is 14.3. The number of benzene rings is 1. The molecule has 1 rings (SSSR count). The van der Waals surface area contributed by atoms with Crippen LogP contribution in [0.3, 0.4) is 0 Å². The topological polar surface area (TPSA) is 58.2 Å². The Morgan fingerprint density at radius 3 is 2.37 bits per heavy atom. The molecule has 0 saturated carbocycles. The minimum Gasteiger partial charge on any atom is -0.202 e. The molecule has 4 nitrogen and oxygen atoms in total. The average Bonchev–Trinajstić information content (AvgIpc) is 2.29. The highest BCUT2D eigenvalue weighted by Gasteiger charge is 2.09. The summed E-state index contributed by atoms with van der Waals surface area (Å²) in [5, 5.41) is 0.733. The van der Waals surface area contributed by atoms with Crippen LogP contribution in [0.4, 0.5) is 0 Å². The molecule has 0 aliphatic heterocycles. The Morgan fingerprint density at radius 2 is 1.79 bits per heavy atom. The molecule has 0 spiro atoms. The van der Waals surface area contributed by atoms with Gasteiger partial charge >= 0.3 is 0 Å². The molecule has 2 N–H and O–H groups in total. The molecule has 1 aromatic rings. The quantitative estimate of drug-likeness (QED) is 0.725. The lowest BCUT2D eigenvalue weighted by Gasteiger charge is -2.10. The van der Waals surface area contributed by atoms with E-state index in [1.165, 1.54) is 5.56 Å². The van der Waals surface area contributed by atoms with Gasteiger partial charge in [0.1, 0.15) is 0 Å². The van der Waals surface area contributed by atoms with Gasteiger partial charge in [-0.2, -0.15) is 13.1 Å². The van der Waals surface area contributed by atoms with Gasteiger partial charge in [0.25, 0.3) is 10.2 Å². The van der Waals surface area contributed by atoms with Gasteiger partial charge in [0.2, 0.25) is 0 Å². The van der Waals surface area contributed by atoms with Gasteiger partial charge in [-0.05, 0) is 50.8 Å². The molecule has 0 aliphatic carbocycles. The van der Waals surface area contributed by atoms with E-state index in [0.717, 1.165) is 24.3 Å². The summed E-state index contributed by atoms with van der Waals surface area (Å²) in [6.07, 6.45) is 2.67. The molecule has 19 heavy (non-hydrogen) atoms. The summed E-state index contributed by atoms with van der Waals surface area (Å²) in [6, 6.07) is 7.63. The maximum Gasteiger partial charge on any atom is 0.277 e. The second kappa shape index (κ2) is 7.85. The molecule has 1 aromatic carbocycles. The number of hydrogen-bond donors (Lipinski definition) is 2. The van der Waals surface area contributed by atoms with Gasteiger partial charge in [-0.25, -0.2) is 4.72 Å². The minimum absolute atomic E-state index is 0.0911. The van der Waals surface area contributed by atoms with Crippen LogP contribution in [0.2, 0.25) is 5.02 Å². The van der Waals surface area contributed by atoms with Crippen molar-refractivity contribution in [3.05, 3.63) is 34.9 Å². The molecule has 0 radical (unpaired) electrons. The van der Waals surface area contributed by atoms with Crippen LogP contribution in [0.25, 0.3) is 0 Å². The zero-order valence-corrected chi connectivity index (χ0v) is 12.9. The Labute approximate surface area is 120 Å². The second-order valence-corrected chi connectivity index (χ2v) is 6.72. The third kappa shape index (κ3) is 7.52. The summed E-state index contributed by atoms with van der Waals surface area (Å²) in [5.41, 5.74) is 1.22. The maximum absolute atomic E-state index is 11.5. The SMILES string of the molecule is CC(C)NS(=O)(=O)NCCCCc1ccc(Cl)cc1. The van der Waals surface area contributed by atoms with E-state index in [9.17, 15) is 8.42 Å². The first-order valence-corrected chi connectivity index (χ1v) is 8.26. The smallest absolute Gasteiger partial charge is 0.202 e. The molecule has 0 bridgehead atoms. The first-order chi connectivity index (χ1) is 8.89. The van der Waals surface area contributed by atoms with Crippen LogP contribution < -0.4 is 9.44 Å². The van der Waals surface area contributed by atoms with Crippen molar-refractivity contribution < 1.29 is 8.42 Å². The Bertz CT molecular complexity index is 472. The average molecular weight is 305 g/mol. The van der Waals surface area contributed by atoms with Crippen molar-refractivity contribution in [1.82, 2.24) is 9.44 Å². The van der Waals surface area contributed by atoms with Gasteiger partial charge in [-0.1, -0.05) is 23.7 Å². The monoisotopic (exact) mass is 304 g/mol. The van der Waals surface area contributed by atoms with Crippen molar-refractivity contribution >= 4 is 21.8 Å². The summed E-state index contributed by atoms with van der Waals surface area (Å²) in [4.78, 5) is 0. The fraction of sp³-hybridized carbons (Fsp3) is 0.538. The summed E-state index contributed by atoms with van der Waals surface area (Å²) < 4.78 is 28.0. The van der Waals surface area contributed by atoms with E-state index in [0.29, 0.717) is 6.54 Å². The molecular weight excluding hydrogens is 284 g/mol. The van der Waals surface area contributed by atoms with E-state index in [1.54, 1.807) is 13.8 Å². The van der Waals surface area contributed by atoms with Crippen molar-refractivity contribution in [3.63, 3.8) is 0 Å². The van der Waals surface area contributed by atoms with Crippen molar-refractivity contribution in [1.29, 1.82) is 0 Å².